The molecule has 0 spiro atoms. The molecular formula is C13H20N2S. The minimum Gasteiger partial charge on any atom is -0.380 e. The Bertz CT molecular complexity index is 365. The largest absolute Gasteiger partial charge is 0.380 e. The molecule has 2 nitrogen and oxygen atoms in total. The molecule has 1 aliphatic heterocycles. The van der Waals surface area contributed by atoms with Gasteiger partial charge in [-0.1, -0.05) is 6.92 Å². The molecular weight excluding hydrogens is 216 g/mol. The Morgan fingerprint density at radius 2 is 2.19 bits per heavy atom. The van der Waals surface area contributed by atoms with E-state index in [2.05, 4.69) is 48.0 Å². The second-order valence-corrected chi connectivity index (χ2v) is 6.04. The summed E-state index contributed by atoms with van der Waals surface area (Å²) in [6.45, 7) is 6.43. The van der Waals surface area contributed by atoms with Crippen molar-refractivity contribution >= 4 is 17.4 Å². The van der Waals surface area contributed by atoms with Crippen molar-refractivity contribution in [2.45, 2.75) is 44.9 Å². The van der Waals surface area contributed by atoms with Gasteiger partial charge in [-0.25, -0.2) is 0 Å². The maximum absolute atomic E-state index is 4.49. The molecule has 3 heteroatoms. The zero-order valence-corrected chi connectivity index (χ0v) is 11.1. The summed E-state index contributed by atoms with van der Waals surface area (Å²) >= 11 is 2.07. The number of hydrogen-bond acceptors (Lipinski definition) is 3. The first-order valence-electron chi connectivity index (χ1n) is 5.99. The first-order valence-corrected chi connectivity index (χ1v) is 7.04. The van der Waals surface area contributed by atoms with Gasteiger partial charge in [0.05, 0.1) is 11.4 Å². The normalized spacial score (nSPS) is 25.4. The van der Waals surface area contributed by atoms with Crippen LogP contribution in [-0.4, -0.2) is 22.0 Å². The quantitative estimate of drug-likeness (QED) is 0.852. The van der Waals surface area contributed by atoms with Gasteiger partial charge in [0.1, 0.15) is 0 Å². The van der Waals surface area contributed by atoms with E-state index in [1.54, 1.807) is 0 Å². The molecule has 0 saturated carbocycles. The first-order chi connectivity index (χ1) is 7.66. The van der Waals surface area contributed by atoms with E-state index in [9.17, 15) is 0 Å². The van der Waals surface area contributed by atoms with Crippen molar-refractivity contribution < 1.29 is 0 Å². The number of nitrogens with one attached hydrogen (secondary N) is 1. The predicted octanol–water partition coefficient (Wildman–Crippen LogP) is 3.39. The van der Waals surface area contributed by atoms with E-state index >= 15 is 0 Å². The number of rotatable bonds is 2. The van der Waals surface area contributed by atoms with Gasteiger partial charge in [-0.2, -0.15) is 11.8 Å². The molecule has 2 heterocycles. The van der Waals surface area contributed by atoms with Crippen LogP contribution in [0.1, 0.15) is 31.2 Å². The molecule has 1 aromatic rings. The summed E-state index contributed by atoms with van der Waals surface area (Å²) in [5.74, 6) is 1.31. The minimum atomic E-state index is 0.599. The Labute approximate surface area is 102 Å². The van der Waals surface area contributed by atoms with Crippen LogP contribution in [0.3, 0.4) is 0 Å². The Morgan fingerprint density at radius 3 is 2.88 bits per heavy atom. The summed E-state index contributed by atoms with van der Waals surface area (Å²) in [6.07, 6.45) is 2.60. The van der Waals surface area contributed by atoms with Crippen molar-refractivity contribution in [1.82, 2.24) is 4.98 Å². The predicted molar refractivity (Wildman–Crippen MR) is 72.3 cm³/mol. The number of nitrogens with zero attached hydrogens (tertiary/aromatic N) is 1. The third-order valence-electron chi connectivity index (χ3n) is 3.17. The van der Waals surface area contributed by atoms with Gasteiger partial charge in [-0.05, 0) is 44.6 Å². The lowest BCUT2D eigenvalue weighted by Crippen LogP contribution is -2.33. The molecule has 2 atom stereocenters. The van der Waals surface area contributed by atoms with Gasteiger partial charge in [-0.3, -0.25) is 4.98 Å². The zero-order chi connectivity index (χ0) is 11.5. The zero-order valence-electron chi connectivity index (χ0n) is 10.3. The molecule has 0 aromatic carbocycles. The lowest BCUT2D eigenvalue weighted by atomic mass is 10.1. The minimum absolute atomic E-state index is 0.599. The summed E-state index contributed by atoms with van der Waals surface area (Å²) in [5.41, 5.74) is 3.40. The molecule has 2 rings (SSSR count). The van der Waals surface area contributed by atoms with Gasteiger partial charge in [0.2, 0.25) is 0 Å². The van der Waals surface area contributed by atoms with E-state index in [4.69, 9.17) is 0 Å². The van der Waals surface area contributed by atoms with Gasteiger partial charge >= 0.3 is 0 Å². The lowest BCUT2D eigenvalue weighted by Gasteiger charge is -2.30. The average Bonchev–Trinajstić information content (AvgIpc) is 2.25. The van der Waals surface area contributed by atoms with Gasteiger partial charge in [0, 0.05) is 17.0 Å². The maximum atomic E-state index is 4.49. The summed E-state index contributed by atoms with van der Waals surface area (Å²) in [4.78, 5) is 4.49. The van der Waals surface area contributed by atoms with Crippen molar-refractivity contribution in [2.24, 2.45) is 0 Å². The van der Waals surface area contributed by atoms with Gasteiger partial charge in [0.15, 0.2) is 0 Å². The van der Waals surface area contributed by atoms with Crippen molar-refractivity contribution in [1.29, 1.82) is 0 Å². The van der Waals surface area contributed by atoms with Crippen LogP contribution in [-0.2, 0) is 0 Å². The van der Waals surface area contributed by atoms with E-state index in [1.165, 1.54) is 24.3 Å². The molecule has 0 aliphatic carbocycles. The number of anilines is 1. The standard InChI is InChI=1S/C13H20N2S/c1-9-6-7-12(10(2)14-9)15-13-5-4-8-16-11(13)3/h6-7,11,13,15H,4-5,8H2,1-3H3. The van der Waals surface area contributed by atoms with Gasteiger partial charge in [0.25, 0.3) is 0 Å². The highest BCUT2D eigenvalue weighted by Crippen LogP contribution is 2.28. The summed E-state index contributed by atoms with van der Waals surface area (Å²) in [6, 6.07) is 4.83. The highest BCUT2D eigenvalue weighted by atomic mass is 32.2. The van der Waals surface area contributed by atoms with Gasteiger partial charge in [-0.15, -0.1) is 0 Å². The van der Waals surface area contributed by atoms with E-state index < -0.39 is 0 Å². The summed E-state index contributed by atoms with van der Waals surface area (Å²) in [5, 5.41) is 4.35. The third kappa shape index (κ3) is 2.70. The monoisotopic (exact) mass is 236 g/mol. The number of aryl methyl sites for hydroxylation is 2. The van der Waals surface area contributed by atoms with Crippen LogP contribution in [0.2, 0.25) is 0 Å². The molecule has 1 N–H and O–H groups in total. The molecule has 0 bridgehead atoms. The molecule has 2 unspecified atom stereocenters. The first kappa shape index (κ1) is 11.8. The van der Waals surface area contributed by atoms with Crippen molar-refractivity contribution in [3.8, 4) is 0 Å². The smallest absolute Gasteiger partial charge is 0.0606 e. The fourth-order valence-corrected chi connectivity index (χ4v) is 3.29. The topological polar surface area (TPSA) is 24.9 Å². The van der Waals surface area contributed by atoms with E-state index in [0.717, 1.165) is 11.4 Å². The molecule has 1 aromatic heterocycles. The van der Waals surface area contributed by atoms with Crippen LogP contribution < -0.4 is 5.32 Å². The van der Waals surface area contributed by atoms with E-state index in [-0.39, 0.29) is 0 Å². The Hall–Kier alpha value is -0.700. The van der Waals surface area contributed by atoms with Gasteiger partial charge < -0.3 is 5.32 Å². The highest BCUT2D eigenvalue weighted by molar-refractivity contribution is 8.00. The van der Waals surface area contributed by atoms with Crippen molar-refractivity contribution in [3.05, 3.63) is 23.5 Å². The van der Waals surface area contributed by atoms with Crippen LogP contribution in [0.25, 0.3) is 0 Å². The number of hydrogen-bond donors (Lipinski definition) is 1. The van der Waals surface area contributed by atoms with Crippen LogP contribution in [0, 0.1) is 13.8 Å². The maximum Gasteiger partial charge on any atom is 0.0606 e. The number of pyridine rings is 1. The molecule has 1 saturated heterocycles. The molecule has 1 fully saturated rings. The second-order valence-electron chi connectivity index (χ2n) is 4.55. The highest BCUT2D eigenvalue weighted by Gasteiger charge is 2.21. The van der Waals surface area contributed by atoms with Crippen molar-refractivity contribution in [2.75, 3.05) is 11.1 Å². The van der Waals surface area contributed by atoms with Crippen LogP contribution in [0.15, 0.2) is 12.1 Å². The van der Waals surface area contributed by atoms with E-state index in [0.29, 0.717) is 11.3 Å². The molecule has 0 amide bonds. The fourth-order valence-electron chi connectivity index (χ4n) is 2.15. The molecule has 88 valence electrons. The van der Waals surface area contributed by atoms with Crippen LogP contribution in [0.5, 0.6) is 0 Å². The summed E-state index contributed by atoms with van der Waals surface area (Å²) < 4.78 is 0. The number of aromatic nitrogens is 1. The van der Waals surface area contributed by atoms with Crippen LogP contribution in [0.4, 0.5) is 5.69 Å². The molecule has 1 aliphatic rings. The Morgan fingerprint density at radius 1 is 1.38 bits per heavy atom. The second kappa shape index (κ2) is 5.09. The lowest BCUT2D eigenvalue weighted by molar-refractivity contribution is 0.616. The number of thioether (sulfide) groups is 1. The SMILES string of the molecule is Cc1ccc(NC2CCCSC2C)c(C)n1. The van der Waals surface area contributed by atoms with E-state index in [1.807, 2.05) is 6.92 Å². The van der Waals surface area contributed by atoms with Crippen LogP contribution >= 0.6 is 11.8 Å². The molecule has 16 heavy (non-hydrogen) atoms. The average molecular weight is 236 g/mol. The third-order valence-corrected chi connectivity index (χ3v) is 4.55. The Kier molecular flexibility index (Phi) is 3.74. The fraction of sp³-hybridized carbons (Fsp3) is 0.615. The molecule has 0 radical (unpaired) electrons. The summed E-state index contributed by atoms with van der Waals surface area (Å²) in [7, 11) is 0. The Balaban J connectivity index is 2.07. The van der Waals surface area contributed by atoms with Crippen molar-refractivity contribution in [3.63, 3.8) is 0 Å².